The average molecular weight is 391 g/mol. The number of anilines is 2. The number of rotatable bonds is 8. The van der Waals surface area contributed by atoms with Crippen LogP contribution in [0.4, 0.5) is 11.6 Å². The summed E-state index contributed by atoms with van der Waals surface area (Å²) in [7, 11) is 0. The van der Waals surface area contributed by atoms with E-state index in [1.54, 1.807) is 18.2 Å². The third-order valence-corrected chi connectivity index (χ3v) is 4.57. The van der Waals surface area contributed by atoms with E-state index < -0.39 is 0 Å². The number of carbonyl (C=O) groups excluding carboxylic acids is 2. The van der Waals surface area contributed by atoms with Crippen molar-refractivity contribution >= 4 is 47.0 Å². The number of carbonyl (C=O) groups is 2. The molecular weight excluding hydrogens is 378 g/mol. The molecule has 3 heterocycles. The lowest BCUT2D eigenvalue weighted by Crippen LogP contribution is -2.17. The van der Waals surface area contributed by atoms with Gasteiger partial charge in [0.2, 0.25) is 11.8 Å². The first-order valence-corrected chi connectivity index (χ1v) is 9.20. The average Bonchev–Trinajstić information content (AvgIpc) is 3.32. The van der Waals surface area contributed by atoms with Crippen molar-refractivity contribution < 1.29 is 9.59 Å². The van der Waals surface area contributed by atoms with Crippen LogP contribution in [0.15, 0.2) is 40.6 Å². The van der Waals surface area contributed by atoms with Crippen LogP contribution in [0, 0.1) is 0 Å². The van der Waals surface area contributed by atoms with E-state index in [2.05, 4.69) is 46.4 Å². The summed E-state index contributed by atoms with van der Waals surface area (Å²) in [5.41, 5.74) is 0. The summed E-state index contributed by atoms with van der Waals surface area (Å²) < 4.78 is 0. The van der Waals surface area contributed by atoms with Crippen molar-refractivity contribution in [2.45, 2.75) is 10.1 Å². The van der Waals surface area contributed by atoms with Crippen LogP contribution in [-0.2, 0) is 9.59 Å². The SMILES string of the molecule is O=C(CSc1cn[nH]n1)Nc1cccc(NC(=O)CSc2cn[nH]n2)n1. The van der Waals surface area contributed by atoms with Crippen LogP contribution in [0.25, 0.3) is 0 Å². The first-order valence-electron chi connectivity index (χ1n) is 7.23. The number of aromatic nitrogens is 7. The van der Waals surface area contributed by atoms with E-state index in [9.17, 15) is 9.59 Å². The number of nitrogens with zero attached hydrogens (tertiary/aromatic N) is 5. The maximum absolute atomic E-state index is 11.9. The minimum Gasteiger partial charge on any atom is -0.310 e. The summed E-state index contributed by atoms with van der Waals surface area (Å²) in [5.74, 6) is 0.541. The van der Waals surface area contributed by atoms with E-state index in [-0.39, 0.29) is 23.3 Å². The predicted octanol–water partition coefficient (Wildman–Crippen LogP) is 0.779. The van der Waals surface area contributed by atoms with Gasteiger partial charge in [0.05, 0.1) is 23.9 Å². The van der Waals surface area contributed by atoms with Gasteiger partial charge >= 0.3 is 0 Å². The lowest BCUT2D eigenvalue weighted by molar-refractivity contribution is -0.114. The summed E-state index contributed by atoms with van der Waals surface area (Å²) in [4.78, 5) is 28.1. The number of hydrogen-bond donors (Lipinski definition) is 4. The number of hydrogen-bond acceptors (Lipinski definition) is 9. The third-order valence-electron chi connectivity index (χ3n) is 2.77. The molecule has 13 heteroatoms. The molecule has 0 saturated carbocycles. The standard InChI is InChI=1S/C13H13N9O2S2/c23-10(6-25-12-4-14-21-19-12)17-8-2-1-3-9(16-8)18-11(24)7-26-13-5-15-22-20-13/h1-5H,6-7H2,(H,14,19,21)(H,15,20,22)(H2,16,17,18,23,24). The van der Waals surface area contributed by atoms with E-state index in [1.165, 1.54) is 35.9 Å². The molecule has 0 saturated heterocycles. The van der Waals surface area contributed by atoms with Crippen molar-refractivity contribution in [3.8, 4) is 0 Å². The molecule has 0 aromatic carbocycles. The molecule has 0 unspecified atom stereocenters. The molecule has 0 radical (unpaired) electrons. The Hall–Kier alpha value is -2.93. The lowest BCUT2D eigenvalue weighted by Gasteiger charge is -2.07. The van der Waals surface area contributed by atoms with Gasteiger partial charge in [-0.15, -0.1) is 10.2 Å². The van der Waals surface area contributed by atoms with Crippen LogP contribution in [0.1, 0.15) is 0 Å². The fourth-order valence-corrected chi connectivity index (χ4v) is 2.90. The first-order chi connectivity index (χ1) is 12.7. The number of amides is 2. The molecule has 26 heavy (non-hydrogen) atoms. The Kier molecular flexibility index (Phi) is 6.16. The van der Waals surface area contributed by atoms with E-state index >= 15 is 0 Å². The molecule has 11 nitrogen and oxygen atoms in total. The molecule has 0 fully saturated rings. The number of pyridine rings is 1. The van der Waals surface area contributed by atoms with E-state index in [0.717, 1.165) is 0 Å². The van der Waals surface area contributed by atoms with Gasteiger partial charge in [-0.1, -0.05) is 29.6 Å². The number of nitrogens with one attached hydrogen (secondary N) is 4. The minimum absolute atomic E-state index is 0.166. The minimum atomic E-state index is -0.240. The monoisotopic (exact) mass is 391 g/mol. The van der Waals surface area contributed by atoms with Crippen molar-refractivity contribution in [2.75, 3.05) is 22.1 Å². The summed E-state index contributed by atoms with van der Waals surface area (Å²) in [5, 5.41) is 26.5. The number of H-pyrrole nitrogens is 2. The van der Waals surface area contributed by atoms with Gasteiger partial charge in [0.25, 0.3) is 0 Å². The first kappa shape index (κ1) is 17.9. The molecule has 0 atom stereocenters. The molecule has 3 rings (SSSR count). The zero-order chi connectivity index (χ0) is 18.2. The Morgan fingerprint density at radius 3 is 1.81 bits per heavy atom. The zero-order valence-corrected chi connectivity index (χ0v) is 14.8. The topological polar surface area (TPSA) is 154 Å². The molecule has 0 spiro atoms. The van der Waals surface area contributed by atoms with Crippen molar-refractivity contribution in [1.29, 1.82) is 0 Å². The Labute approximate surface area is 155 Å². The summed E-state index contributed by atoms with van der Waals surface area (Å²) in [6.07, 6.45) is 3.06. The van der Waals surface area contributed by atoms with Crippen molar-refractivity contribution in [3.05, 3.63) is 30.6 Å². The Morgan fingerprint density at radius 1 is 0.885 bits per heavy atom. The molecule has 0 aliphatic heterocycles. The van der Waals surface area contributed by atoms with Gasteiger partial charge in [-0.05, 0) is 12.1 Å². The van der Waals surface area contributed by atoms with E-state index in [0.29, 0.717) is 21.7 Å². The molecule has 3 aromatic rings. The highest BCUT2D eigenvalue weighted by atomic mass is 32.2. The highest BCUT2D eigenvalue weighted by Gasteiger charge is 2.09. The molecule has 0 aliphatic rings. The Balaban J connectivity index is 1.47. The van der Waals surface area contributed by atoms with Crippen LogP contribution in [0.2, 0.25) is 0 Å². The molecule has 134 valence electrons. The fourth-order valence-electron chi connectivity index (χ4n) is 1.73. The quantitative estimate of drug-likeness (QED) is 0.408. The fraction of sp³-hybridized carbons (Fsp3) is 0.154. The molecular formula is C13H13N9O2S2. The summed E-state index contributed by atoms with van der Waals surface area (Å²) in [6.45, 7) is 0. The maximum Gasteiger partial charge on any atom is 0.235 e. The second-order valence-electron chi connectivity index (χ2n) is 4.70. The molecule has 0 aliphatic carbocycles. The van der Waals surface area contributed by atoms with E-state index in [4.69, 9.17) is 0 Å². The van der Waals surface area contributed by atoms with Gasteiger partial charge in [0, 0.05) is 0 Å². The Morgan fingerprint density at radius 2 is 1.38 bits per heavy atom. The van der Waals surface area contributed by atoms with Gasteiger partial charge in [0.1, 0.15) is 21.7 Å². The van der Waals surface area contributed by atoms with Gasteiger partial charge < -0.3 is 10.6 Å². The van der Waals surface area contributed by atoms with Crippen LogP contribution >= 0.6 is 23.5 Å². The van der Waals surface area contributed by atoms with Crippen molar-refractivity contribution in [2.24, 2.45) is 0 Å². The number of aromatic amines is 2. The lowest BCUT2D eigenvalue weighted by atomic mass is 10.4. The van der Waals surface area contributed by atoms with Crippen LogP contribution in [0.5, 0.6) is 0 Å². The second-order valence-corrected chi connectivity index (χ2v) is 6.69. The van der Waals surface area contributed by atoms with Gasteiger partial charge in [0.15, 0.2) is 0 Å². The molecule has 2 amide bonds. The second kappa shape index (κ2) is 8.96. The summed E-state index contributed by atoms with van der Waals surface area (Å²) >= 11 is 2.49. The van der Waals surface area contributed by atoms with Crippen LogP contribution in [-0.4, -0.2) is 59.1 Å². The van der Waals surface area contributed by atoms with Crippen molar-refractivity contribution in [3.63, 3.8) is 0 Å². The third kappa shape index (κ3) is 5.56. The van der Waals surface area contributed by atoms with Gasteiger partial charge in [-0.3, -0.25) is 9.59 Å². The van der Waals surface area contributed by atoms with Crippen LogP contribution in [0.3, 0.4) is 0 Å². The largest absolute Gasteiger partial charge is 0.310 e. The smallest absolute Gasteiger partial charge is 0.235 e. The maximum atomic E-state index is 11.9. The normalized spacial score (nSPS) is 10.5. The van der Waals surface area contributed by atoms with Gasteiger partial charge in [-0.2, -0.15) is 20.6 Å². The van der Waals surface area contributed by atoms with Gasteiger partial charge in [-0.25, -0.2) is 4.98 Å². The van der Waals surface area contributed by atoms with Crippen molar-refractivity contribution in [1.82, 2.24) is 35.8 Å². The zero-order valence-electron chi connectivity index (χ0n) is 13.2. The highest BCUT2D eigenvalue weighted by molar-refractivity contribution is 8.00. The highest BCUT2D eigenvalue weighted by Crippen LogP contribution is 2.15. The predicted molar refractivity (Wildman–Crippen MR) is 95.7 cm³/mol. The van der Waals surface area contributed by atoms with E-state index in [1.807, 2.05) is 0 Å². The van der Waals surface area contributed by atoms with Crippen LogP contribution < -0.4 is 10.6 Å². The summed E-state index contributed by atoms with van der Waals surface area (Å²) in [6, 6.07) is 4.96. The molecule has 4 N–H and O–H groups in total. The number of thioether (sulfide) groups is 2. The Bertz CT molecular complexity index is 787. The molecule has 0 bridgehead atoms. The molecule has 3 aromatic heterocycles.